The van der Waals surface area contributed by atoms with Gasteiger partial charge in [0, 0.05) is 0 Å². The number of hydrogen-bond acceptors (Lipinski definition) is 0. The summed E-state index contributed by atoms with van der Waals surface area (Å²) < 4.78 is 0. The van der Waals surface area contributed by atoms with E-state index in [1.807, 2.05) is 0 Å². The smallest absolute Gasteiger partial charge is 0.0259 e. The average molecular weight is 363 g/mol. The second kappa shape index (κ2) is 12.2. The third kappa shape index (κ3) is 9.09. The van der Waals surface area contributed by atoms with Crippen molar-refractivity contribution in [2.45, 2.75) is 113 Å². The second-order valence-electron chi connectivity index (χ2n) is 10.3. The quantitative estimate of drug-likeness (QED) is 0.270. The maximum absolute atomic E-state index is 2.50. The van der Waals surface area contributed by atoms with Gasteiger partial charge in [0.25, 0.3) is 0 Å². The zero-order chi connectivity index (χ0) is 19.7. The summed E-state index contributed by atoms with van der Waals surface area (Å²) in [6.07, 6.45) is 15.4. The van der Waals surface area contributed by atoms with E-state index >= 15 is 0 Å². The van der Waals surface area contributed by atoms with Gasteiger partial charge in [0.1, 0.15) is 0 Å². The summed E-state index contributed by atoms with van der Waals surface area (Å²) >= 11 is 0. The van der Waals surface area contributed by atoms with Crippen LogP contribution in [0.1, 0.15) is 113 Å². The largest absolute Gasteiger partial charge is 0.0830 e. The van der Waals surface area contributed by atoms with Crippen LogP contribution in [0.2, 0.25) is 0 Å². The summed E-state index contributed by atoms with van der Waals surface area (Å²) in [5.41, 5.74) is 1.48. The van der Waals surface area contributed by atoms with Crippen LogP contribution < -0.4 is 0 Å². The lowest BCUT2D eigenvalue weighted by Crippen LogP contribution is -2.11. The molecule has 0 spiro atoms. The summed E-state index contributed by atoms with van der Waals surface area (Å²) in [7, 11) is 0. The molecule has 154 valence electrons. The highest BCUT2D eigenvalue weighted by atomic mass is 14.4. The van der Waals surface area contributed by atoms with E-state index in [1.165, 1.54) is 63.4 Å². The van der Waals surface area contributed by atoms with Gasteiger partial charge in [-0.15, -0.1) is 0 Å². The first-order valence-electron chi connectivity index (χ1n) is 11.9. The summed E-state index contributed by atoms with van der Waals surface area (Å²) in [5.74, 6) is 6.59. The predicted octanol–water partition coefficient (Wildman–Crippen LogP) is 8.91. The molecule has 0 saturated heterocycles. The van der Waals surface area contributed by atoms with Crippen molar-refractivity contribution in [1.29, 1.82) is 0 Å². The van der Waals surface area contributed by atoms with Crippen LogP contribution in [0.5, 0.6) is 0 Å². The zero-order valence-electron chi connectivity index (χ0n) is 19.5. The second-order valence-corrected chi connectivity index (χ2v) is 10.3. The molecule has 0 N–H and O–H groups in total. The molecular weight excluding hydrogens is 312 g/mol. The standard InChI is InChI=1S/C26H50/c1-9-24(10-2)22(8)12-11-13-23(15-14-21(7)16-19(3)4)17-25-18-26(25)20(5)6/h16,20-26H,9-15,17-18H2,1-8H3. The minimum absolute atomic E-state index is 0.756. The molecule has 0 heterocycles. The average Bonchev–Trinajstić information content (AvgIpc) is 3.32. The fourth-order valence-electron chi connectivity index (χ4n) is 5.38. The van der Waals surface area contributed by atoms with Gasteiger partial charge in [0.05, 0.1) is 0 Å². The van der Waals surface area contributed by atoms with Gasteiger partial charge in [0.15, 0.2) is 0 Å². The maximum atomic E-state index is 2.50. The highest BCUT2D eigenvalue weighted by molar-refractivity contribution is 4.96. The fraction of sp³-hybridized carbons (Fsp3) is 0.923. The Hall–Kier alpha value is -0.260. The molecule has 0 bridgehead atoms. The lowest BCUT2D eigenvalue weighted by Gasteiger charge is -2.23. The van der Waals surface area contributed by atoms with E-state index < -0.39 is 0 Å². The van der Waals surface area contributed by atoms with Gasteiger partial charge in [-0.25, -0.2) is 0 Å². The molecule has 5 unspecified atom stereocenters. The molecule has 0 aromatic carbocycles. The van der Waals surface area contributed by atoms with Crippen LogP contribution >= 0.6 is 0 Å². The summed E-state index contributed by atoms with van der Waals surface area (Å²) in [6.45, 7) is 19.0. The number of allylic oxidation sites excluding steroid dienone is 2. The van der Waals surface area contributed by atoms with Crippen LogP contribution in [0.4, 0.5) is 0 Å². The van der Waals surface area contributed by atoms with Gasteiger partial charge < -0.3 is 0 Å². The normalized spacial score (nSPS) is 23.2. The molecule has 0 radical (unpaired) electrons. The van der Waals surface area contributed by atoms with Crippen LogP contribution in [0.3, 0.4) is 0 Å². The molecule has 0 nitrogen and oxygen atoms in total. The third-order valence-electron chi connectivity index (χ3n) is 7.24. The van der Waals surface area contributed by atoms with Crippen molar-refractivity contribution in [2.75, 3.05) is 0 Å². The zero-order valence-corrected chi connectivity index (χ0v) is 19.5. The minimum Gasteiger partial charge on any atom is -0.0830 e. The molecule has 0 aromatic rings. The van der Waals surface area contributed by atoms with E-state index in [2.05, 4.69) is 61.5 Å². The van der Waals surface area contributed by atoms with E-state index in [9.17, 15) is 0 Å². The van der Waals surface area contributed by atoms with Gasteiger partial charge in [0.2, 0.25) is 0 Å². The first-order chi connectivity index (χ1) is 12.3. The Morgan fingerprint density at radius 3 is 2.08 bits per heavy atom. The van der Waals surface area contributed by atoms with Crippen LogP contribution in [0.15, 0.2) is 11.6 Å². The lowest BCUT2D eigenvalue weighted by atomic mass is 9.83. The Bertz CT molecular complexity index is 383. The molecule has 1 fully saturated rings. The number of hydrogen-bond donors (Lipinski definition) is 0. The number of rotatable bonds is 14. The van der Waals surface area contributed by atoms with Crippen molar-refractivity contribution in [2.24, 2.45) is 41.4 Å². The summed E-state index contributed by atoms with van der Waals surface area (Å²) in [5, 5.41) is 0. The van der Waals surface area contributed by atoms with Crippen LogP contribution in [-0.4, -0.2) is 0 Å². The SMILES string of the molecule is CCC(CC)C(C)CCCC(CCC(C)C=C(C)C)CC1CC1C(C)C. The predicted molar refractivity (Wildman–Crippen MR) is 119 cm³/mol. The van der Waals surface area contributed by atoms with E-state index in [0.717, 1.165) is 41.4 Å². The molecule has 5 atom stereocenters. The minimum atomic E-state index is 0.756. The fourth-order valence-corrected chi connectivity index (χ4v) is 5.38. The van der Waals surface area contributed by atoms with Crippen LogP contribution in [0, 0.1) is 41.4 Å². The molecule has 1 rings (SSSR count). The Morgan fingerprint density at radius 1 is 0.923 bits per heavy atom. The first kappa shape index (κ1) is 23.8. The van der Waals surface area contributed by atoms with Crippen molar-refractivity contribution < 1.29 is 0 Å². The van der Waals surface area contributed by atoms with E-state index in [-0.39, 0.29) is 0 Å². The van der Waals surface area contributed by atoms with Gasteiger partial charge in [-0.2, -0.15) is 0 Å². The van der Waals surface area contributed by atoms with Gasteiger partial charge in [-0.05, 0) is 81.0 Å². The molecule has 1 aliphatic rings. The van der Waals surface area contributed by atoms with Crippen molar-refractivity contribution in [3.63, 3.8) is 0 Å². The maximum Gasteiger partial charge on any atom is -0.0259 e. The summed E-state index contributed by atoms with van der Waals surface area (Å²) in [4.78, 5) is 0. The molecule has 26 heavy (non-hydrogen) atoms. The summed E-state index contributed by atoms with van der Waals surface area (Å²) in [6, 6.07) is 0. The molecule has 0 amide bonds. The van der Waals surface area contributed by atoms with Gasteiger partial charge in [-0.1, -0.05) is 85.3 Å². The Labute approximate surface area is 166 Å². The third-order valence-corrected chi connectivity index (χ3v) is 7.24. The molecular formula is C26H50. The molecule has 0 heteroatoms. The highest BCUT2D eigenvalue weighted by Crippen LogP contribution is 2.49. The Kier molecular flexibility index (Phi) is 11.2. The highest BCUT2D eigenvalue weighted by Gasteiger charge is 2.39. The first-order valence-corrected chi connectivity index (χ1v) is 11.9. The molecule has 0 aromatic heterocycles. The van der Waals surface area contributed by atoms with E-state index in [4.69, 9.17) is 0 Å². The Morgan fingerprint density at radius 2 is 1.58 bits per heavy atom. The van der Waals surface area contributed by atoms with Crippen molar-refractivity contribution >= 4 is 0 Å². The van der Waals surface area contributed by atoms with Crippen molar-refractivity contribution in [3.05, 3.63) is 11.6 Å². The lowest BCUT2D eigenvalue weighted by molar-refractivity contribution is 0.286. The molecule has 1 saturated carbocycles. The van der Waals surface area contributed by atoms with Gasteiger partial charge in [-0.3, -0.25) is 0 Å². The molecule has 1 aliphatic carbocycles. The van der Waals surface area contributed by atoms with Crippen LogP contribution in [0.25, 0.3) is 0 Å². The van der Waals surface area contributed by atoms with E-state index in [1.54, 1.807) is 0 Å². The molecule has 0 aliphatic heterocycles. The topological polar surface area (TPSA) is 0 Å². The van der Waals surface area contributed by atoms with Gasteiger partial charge >= 0.3 is 0 Å². The van der Waals surface area contributed by atoms with Crippen molar-refractivity contribution in [1.82, 2.24) is 0 Å². The van der Waals surface area contributed by atoms with E-state index in [0.29, 0.717) is 0 Å². The monoisotopic (exact) mass is 362 g/mol. The van der Waals surface area contributed by atoms with Crippen LogP contribution in [-0.2, 0) is 0 Å². The Balaban J connectivity index is 2.45. The van der Waals surface area contributed by atoms with Crippen molar-refractivity contribution in [3.8, 4) is 0 Å².